The lowest BCUT2D eigenvalue weighted by Crippen LogP contribution is -2.30. The smallest absolute Gasteiger partial charge is 0.329 e. The second-order valence-electron chi connectivity index (χ2n) is 7.54. The summed E-state index contributed by atoms with van der Waals surface area (Å²) in [6.07, 6.45) is 0.306. The zero-order chi connectivity index (χ0) is 24.9. The third kappa shape index (κ3) is 5.25. The van der Waals surface area contributed by atoms with Crippen LogP contribution in [-0.2, 0) is 13.6 Å². The molecule has 2 aromatic carbocycles. The number of hydrogen-bond acceptors (Lipinski definition) is 9. The molecule has 1 atom stereocenters. The Hall–Kier alpha value is -4.78. The quantitative estimate of drug-likeness (QED) is 0.183. The molecular weight excluding hydrogens is 458 g/mol. The fraction of sp³-hybridized carbons (Fsp3) is 0.182. The van der Waals surface area contributed by atoms with Gasteiger partial charge in [0, 0.05) is 24.7 Å². The summed E-state index contributed by atoms with van der Waals surface area (Å²) in [6, 6.07) is 14.8. The van der Waals surface area contributed by atoms with Gasteiger partial charge in [-0.15, -0.1) is 0 Å². The number of aromatic amines is 1. The van der Waals surface area contributed by atoms with Gasteiger partial charge in [-0.3, -0.25) is 24.5 Å². The van der Waals surface area contributed by atoms with Gasteiger partial charge < -0.3 is 14.4 Å². The van der Waals surface area contributed by atoms with E-state index in [4.69, 9.17) is 4.74 Å². The van der Waals surface area contributed by atoms with Crippen molar-refractivity contribution < 1.29 is 14.8 Å². The standard InChI is InChI=1S/C22H21N7O6/c1-27-19-18(20(31)25-22(27)32)28(12-16(30)13-35-17-8-3-2-4-9-17)21(24-19)26-23-11-14-6-5-7-15(10-14)29(33)34/h2-11,16,30H,12-13H2,1H3,(H,24,26)(H,25,31,32)/b23-11-/t16-/m1/s1. The van der Waals surface area contributed by atoms with E-state index < -0.39 is 22.3 Å². The van der Waals surface area contributed by atoms with E-state index in [1.165, 1.54) is 36.0 Å². The highest BCUT2D eigenvalue weighted by Crippen LogP contribution is 2.17. The number of aliphatic hydroxyl groups excluding tert-OH is 1. The molecule has 2 aromatic heterocycles. The number of aryl methyl sites for hydroxylation is 1. The number of anilines is 1. The van der Waals surface area contributed by atoms with E-state index in [0.717, 1.165) is 4.57 Å². The van der Waals surface area contributed by atoms with E-state index in [0.29, 0.717) is 11.3 Å². The van der Waals surface area contributed by atoms with Gasteiger partial charge in [-0.05, 0) is 12.1 Å². The minimum absolute atomic E-state index is 0.0545. The summed E-state index contributed by atoms with van der Waals surface area (Å²) in [4.78, 5) is 41.6. The number of non-ortho nitro benzene ring substituents is 1. The van der Waals surface area contributed by atoms with Crippen molar-refractivity contribution >= 4 is 29.0 Å². The number of fused-ring (bicyclic) bond motifs is 1. The number of H-pyrrole nitrogens is 1. The van der Waals surface area contributed by atoms with E-state index in [-0.39, 0.29) is 36.0 Å². The molecule has 4 aromatic rings. The Morgan fingerprint density at radius 2 is 2.03 bits per heavy atom. The van der Waals surface area contributed by atoms with Crippen LogP contribution in [0.15, 0.2) is 69.3 Å². The minimum atomic E-state index is -1.04. The van der Waals surface area contributed by atoms with E-state index in [1.807, 2.05) is 6.07 Å². The first-order chi connectivity index (χ1) is 16.8. The van der Waals surface area contributed by atoms with Crippen LogP contribution in [0.5, 0.6) is 5.75 Å². The van der Waals surface area contributed by atoms with E-state index in [1.54, 1.807) is 30.3 Å². The molecule has 35 heavy (non-hydrogen) atoms. The van der Waals surface area contributed by atoms with Crippen LogP contribution >= 0.6 is 0 Å². The second kappa shape index (κ2) is 10.0. The Balaban J connectivity index is 1.62. The molecule has 0 aliphatic rings. The number of hydrogen-bond donors (Lipinski definition) is 3. The molecule has 13 nitrogen and oxygen atoms in total. The first kappa shape index (κ1) is 23.4. The number of rotatable bonds is 9. The molecule has 0 amide bonds. The van der Waals surface area contributed by atoms with Crippen molar-refractivity contribution in [3.63, 3.8) is 0 Å². The van der Waals surface area contributed by atoms with Crippen molar-refractivity contribution in [2.45, 2.75) is 12.6 Å². The van der Waals surface area contributed by atoms with Crippen molar-refractivity contribution in [1.29, 1.82) is 0 Å². The number of benzene rings is 2. The summed E-state index contributed by atoms with van der Waals surface area (Å²) in [6.45, 7) is -0.164. The van der Waals surface area contributed by atoms with Gasteiger partial charge >= 0.3 is 5.69 Å². The zero-order valence-electron chi connectivity index (χ0n) is 18.5. The monoisotopic (exact) mass is 479 g/mol. The number of nitro groups is 1. The molecule has 0 saturated carbocycles. The van der Waals surface area contributed by atoms with Crippen molar-refractivity contribution in [1.82, 2.24) is 19.1 Å². The summed E-state index contributed by atoms with van der Waals surface area (Å²) >= 11 is 0. The second-order valence-corrected chi connectivity index (χ2v) is 7.54. The molecule has 3 N–H and O–H groups in total. The molecule has 0 radical (unpaired) electrons. The average Bonchev–Trinajstić information content (AvgIpc) is 3.20. The number of ether oxygens (including phenoxy) is 1. The fourth-order valence-corrected chi connectivity index (χ4v) is 3.35. The van der Waals surface area contributed by atoms with Gasteiger partial charge in [-0.1, -0.05) is 30.3 Å². The first-order valence-corrected chi connectivity index (χ1v) is 10.4. The maximum atomic E-state index is 12.6. The number of nitrogens with one attached hydrogen (secondary N) is 2. The topological polar surface area (TPSA) is 170 Å². The highest BCUT2D eigenvalue weighted by molar-refractivity contribution is 5.81. The normalized spacial score (nSPS) is 12.2. The number of imidazole rings is 1. The largest absolute Gasteiger partial charge is 0.491 e. The number of nitrogens with zero attached hydrogens (tertiary/aromatic N) is 5. The van der Waals surface area contributed by atoms with Gasteiger partial charge in [0.15, 0.2) is 11.2 Å². The molecule has 13 heteroatoms. The van der Waals surface area contributed by atoms with Crippen LogP contribution in [0.25, 0.3) is 11.2 Å². The van der Waals surface area contributed by atoms with Crippen molar-refractivity contribution in [2.75, 3.05) is 12.0 Å². The molecular formula is C22H21N7O6. The Labute approximate surface area is 197 Å². The van der Waals surface area contributed by atoms with Crippen LogP contribution in [0.3, 0.4) is 0 Å². The molecule has 180 valence electrons. The molecule has 4 rings (SSSR count). The third-order valence-electron chi connectivity index (χ3n) is 5.05. The van der Waals surface area contributed by atoms with Gasteiger partial charge in [-0.2, -0.15) is 10.1 Å². The van der Waals surface area contributed by atoms with Crippen LogP contribution in [0, 0.1) is 10.1 Å². The molecule has 0 unspecified atom stereocenters. The molecule has 0 aliphatic heterocycles. The lowest BCUT2D eigenvalue weighted by molar-refractivity contribution is -0.384. The molecule has 0 fully saturated rings. The predicted octanol–water partition coefficient (Wildman–Crippen LogP) is 1.22. The van der Waals surface area contributed by atoms with Crippen molar-refractivity contribution in [3.05, 3.63) is 91.1 Å². The van der Waals surface area contributed by atoms with Gasteiger partial charge in [-0.25, -0.2) is 10.2 Å². The Bertz CT molecular complexity index is 1510. The van der Waals surface area contributed by atoms with Gasteiger partial charge in [0.25, 0.3) is 11.2 Å². The number of para-hydroxylation sites is 1. The maximum absolute atomic E-state index is 12.6. The summed E-state index contributed by atoms with van der Waals surface area (Å²) in [5, 5.41) is 25.6. The average molecular weight is 479 g/mol. The summed E-state index contributed by atoms with van der Waals surface area (Å²) < 4.78 is 8.13. The third-order valence-corrected chi connectivity index (χ3v) is 5.05. The molecule has 0 saturated heterocycles. The highest BCUT2D eigenvalue weighted by Gasteiger charge is 2.20. The first-order valence-electron chi connectivity index (χ1n) is 10.4. The molecule has 2 heterocycles. The van der Waals surface area contributed by atoms with Crippen LogP contribution in [-0.4, -0.2) is 48.1 Å². The van der Waals surface area contributed by atoms with Crippen LogP contribution in [0.1, 0.15) is 5.56 Å². The van der Waals surface area contributed by atoms with Crippen LogP contribution < -0.4 is 21.4 Å². The van der Waals surface area contributed by atoms with E-state index >= 15 is 0 Å². The van der Waals surface area contributed by atoms with Gasteiger partial charge in [0.1, 0.15) is 18.5 Å². The maximum Gasteiger partial charge on any atom is 0.329 e. The number of nitro benzene ring substituents is 1. The minimum Gasteiger partial charge on any atom is -0.491 e. The number of aliphatic hydroxyl groups is 1. The van der Waals surface area contributed by atoms with Crippen LogP contribution in [0.4, 0.5) is 11.6 Å². The Morgan fingerprint density at radius 3 is 2.77 bits per heavy atom. The summed E-state index contributed by atoms with van der Waals surface area (Å²) in [5.74, 6) is 0.648. The van der Waals surface area contributed by atoms with Crippen LogP contribution in [0.2, 0.25) is 0 Å². The van der Waals surface area contributed by atoms with E-state index in [2.05, 4.69) is 20.5 Å². The van der Waals surface area contributed by atoms with Gasteiger partial charge in [0.2, 0.25) is 5.95 Å². The number of aromatic nitrogens is 4. The zero-order valence-corrected chi connectivity index (χ0v) is 18.5. The Kier molecular flexibility index (Phi) is 6.69. The SMILES string of the molecule is Cn1c(=O)[nH]c(=O)c2c1nc(N/N=C\c1cccc([N+](=O)[O-])c1)n2C[C@@H](O)COc1ccccc1. The lowest BCUT2D eigenvalue weighted by Gasteiger charge is -2.15. The highest BCUT2D eigenvalue weighted by atomic mass is 16.6. The fourth-order valence-electron chi connectivity index (χ4n) is 3.35. The Morgan fingerprint density at radius 1 is 1.26 bits per heavy atom. The summed E-state index contributed by atoms with van der Waals surface area (Å²) in [5.41, 5.74) is 1.86. The predicted molar refractivity (Wildman–Crippen MR) is 128 cm³/mol. The van der Waals surface area contributed by atoms with Gasteiger partial charge in [0.05, 0.1) is 17.7 Å². The lowest BCUT2D eigenvalue weighted by atomic mass is 10.2. The number of hydrazone groups is 1. The van der Waals surface area contributed by atoms with Crippen molar-refractivity contribution in [3.8, 4) is 5.75 Å². The molecule has 0 spiro atoms. The van der Waals surface area contributed by atoms with Crippen molar-refractivity contribution in [2.24, 2.45) is 12.1 Å². The van der Waals surface area contributed by atoms with E-state index in [9.17, 15) is 24.8 Å². The molecule has 0 bridgehead atoms. The summed E-state index contributed by atoms with van der Waals surface area (Å²) in [7, 11) is 1.45. The molecule has 0 aliphatic carbocycles.